The van der Waals surface area contributed by atoms with Crippen LogP contribution in [0.4, 0.5) is 5.69 Å². The van der Waals surface area contributed by atoms with E-state index in [1.165, 1.54) is 0 Å². The molecular weight excluding hydrogens is 544 g/mol. The van der Waals surface area contributed by atoms with Gasteiger partial charge in [0.2, 0.25) is 11.8 Å². The van der Waals surface area contributed by atoms with Gasteiger partial charge in [-0.25, -0.2) is 0 Å². The van der Waals surface area contributed by atoms with Crippen LogP contribution in [0.2, 0.25) is 0 Å². The van der Waals surface area contributed by atoms with Crippen LogP contribution < -0.4 is 10.6 Å². The number of carbonyl (C=O) groups excluding carboxylic acids is 2. The third kappa shape index (κ3) is 8.02. The lowest BCUT2D eigenvalue weighted by Gasteiger charge is -2.45. The first kappa shape index (κ1) is 33.1. The number of aliphatic hydroxyl groups is 2. The van der Waals surface area contributed by atoms with Crippen molar-refractivity contribution in [1.29, 1.82) is 0 Å². The van der Waals surface area contributed by atoms with Gasteiger partial charge in [0.05, 0.1) is 25.8 Å². The minimum absolute atomic E-state index is 0.0409. The Hall–Kier alpha value is -2.82. The van der Waals surface area contributed by atoms with Gasteiger partial charge in [-0.3, -0.25) is 14.4 Å². The second-order valence-electron chi connectivity index (χ2n) is 13.6. The Morgan fingerprint density at radius 1 is 1.12 bits per heavy atom. The molecule has 2 amide bonds. The fourth-order valence-corrected chi connectivity index (χ4v) is 6.71. The largest absolute Gasteiger partial charge is 0.394 e. The average molecular weight is 595 g/mol. The van der Waals surface area contributed by atoms with Crippen LogP contribution >= 0.6 is 0 Å². The highest BCUT2D eigenvalue weighted by Crippen LogP contribution is 2.43. The molecule has 1 aliphatic heterocycles. The van der Waals surface area contributed by atoms with Gasteiger partial charge in [-0.2, -0.15) is 5.06 Å². The Morgan fingerprint density at radius 3 is 2.44 bits per heavy atom. The lowest BCUT2D eigenvalue weighted by molar-refractivity contribution is -0.182. The molecule has 9 heteroatoms. The summed E-state index contributed by atoms with van der Waals surface area (Å²) in [5.41, 5.74) is 3.86. The third-order valence-corrected chi connectivity index (χ3v) is 9.41. The monoisotopic (exact) mass is 594 g/mol. The molecule has 2 aliphatic rings. The maximum absolute atomic E-state index is 13.9. The van der Waals surface area contributed by atoms with Crippen molar-refractivity contribution < 1.29 is 24.6 Å². The van der Waals surface area contributed by atoms with Crippen LogP contribution in [-0.2, 0) is 21.0 Å². The summed E-state index contributed by atoms with van der Waals surface area (Å²) in [5, 5.41) is 28.7. The van der Waals surface area contributed by atoms with Gasteiger partial charge in [0.25, 0.3) is 0 Å². The quantitative estimate of drug-likeness (QED) is 0.330. The molecule has 0 spiro atoms. The number of amides is 2. The fraction of sp³-hybridized carbons (Fsp3) is 0.588. The predicted molar refractivity (Wildman–Crippen MR) is 169 cm³/mol. The van der Waals surface area contributed by atoms with Gasteiger partial charge in [-0.15, -0.1) is 0 Å². The second kappa shape index (κ2) is 13.9. The first-order valence-corrected chi connectivity index (χ1v) is 15.5. The molecule has 4 N–H and O–H groups in total. The Bertz CT molecular complexity index is 1250. The van der Waals surface area contributed by atoms with Crippen molar-refractivity contribution in [2.75, 3.05) is 32.6 Å². The molecule has 2 aromatic rings. The lowest BCUT2D eigenvalue weighted by atomic mass is 9.64. The molecular formula is C34H50N4O5. The standard InChI is InChI=1S/C34H50N4O5/c1-21-17-34(4,5)22(2)15-28(21)36-33(42)32-31(23(3)40)29(20-39)43-38(32)18-24-9-8-10-26(16-24)25-11-13-27(14-12-25)35-30(41)19-37(6)7/h8-14,16,21-23,28-29,31-32,39-40H,15,17-20H2,1-7H3,(H,35,41)(H,36,42)/t21?,22-,23+,28+,29?,31-,32+/m1/s1. The summed E-state index contributed by atoms with van der Waals surface area (Å²) in [5.74, 6) is -0.0236. The molecule has 4 rings (SSSR count). The number of benzene rings is 2. The molecule has 1 saturated carbocycles. The SMILES string of the molecule is CC1CC(C)(C)[C@H](C)C[C@@H]1NC(=O)[C@@H]1[C@H]([C@H](C)O)C(CO)ON1Cc1cccc(-c2ccc(NC(=O)CN(C)C)cc2)c1. The van der Waals surface area contributed by atoms with Crippen molar-refractivity contribution >= 4 is 17.5 Å². The Labute approximate surface area is 256 Å². The second-order valence-corrected chi connectivity index (χ2v) is 13.6. The van der Waals surface area contributed by atoms with E-state index in [2.05, 4.69) is 44.4 Å². The van der Waals surface area contributed by atoms with Gasteiger partial charge in [0, 0.05) is 17.6 Å². The number of nitrogens with zero attached hydrogens (tertiary/aromatic N) is 2. The van der Waals surface area contributed by atoms with Crippen LogP contribution in [0.15, 0.2) is 48.5 Å². The summed E-state index contributed by atoms with van der Waals surface area (Å²) < 4.78 is 0. The third-order valence-electron chi connectivity index (χ3n) is 9.41. The number of hydroxylamine groups is 2. The van der Waals surface area contributed by atoms with E-state index in [1.54, 1.807) is 12.0 Å². The number of likely N-dealkylation sites (N-methyl/N-ethyl adjacent to an activating group) is 1. The van der Waals surface area contributed by atoms with Crippen molar-refractivity contribution in [3.63, 3.8) is 0 Å². The van der Waals surface area contributed by atoms with Crippen LogP contribution in [0.5, 0.6) is 0 Å². The molecule has 0 bridgehead atoms. The van der Waals surface area contributed by atoms with E-state index in [9.17, 15) is 19.8 Å². The van der Waals surface area contributed by atoms with E-state index < -0.39 is 24.2 Å². The molecule has 43 heavy (non-hydrogen) atoms. The molecule has 2 aromatic carbocycles. The van der Waals surface area contributed by atoms with E-state index in [-0.39, 0.29) is 29.9 Å². The number of nitrogens with one attached hydrogen (secondary N) is 2. The predicted octanol–water partition coefficient (Wildman–Crippen LogP) is 3.90. The number of aliphatic hydroxyl groups excluding tert-OH is 2. The summed E-state index contributed by atoms with van der Waals surface area (Å²) >= 11 is 0. The lowest BCUT2D eigenvalue weighted by Crippen LogP contribution is -2.55. The number of anilines is 1. The van der Waals surface area contributed by atoms with Crippen molar-refractivity contribution in [2.45, 2.75) is 78.3 Å². The maximum atomic E-state index is 13.9. The molecule has 236 valence electrons. The molecule has 7 atom stereocenters. The van der Waals surface area contributed by atoms with Crippen molar-refractivity contribution in [2.24, 2.45) is 23.2 Å². The van der Waals surface area contributed by atoms with Crippen molar-refractivity contribution in [3.05, 3.63) is 54.1 Å². The number of hydrogen-bond acceptors (Lipinski definition) is 7. The molecule has 1 heterocycles. The van der Waals surface area contributed by atoms with Crippen LogP contribution in [0, 0.1) is 23.2 Å². The van der Waals surface area contributed by atoms with Gasteiger partial charge in [0.1, 0.15) is 12.1 Å². The van der Waals surface area contributed by atoms with Crippen LogP contribution in [0.25, 0.3) is 11.1 Å². The molecule has 2 unspecified atom stereocenters. The van der Waals surface area contributed by atoms with Gasteiger partial charge in [-0.1, -0.05) is 58.0 Å². The van der Waals surface area contributed by atoms with E-state index in [4.69, 9.17) is 4.84 Å². The number of carbonyl (C=O) groups is 2. The number of rotatable bonds is 10. The first-order valence-electron chi connectivity index (χ1n) is 15.5. The number of hydrogen-bond donors (Lipinski definition) is 4. The summed E-state index contributed by atoms with van der Waals surface area (Å²) in [6.45, 7) is 11.0. The maximum Gasteiger partial charge on any atom is 0.240 e. The van der Waals surface area contributed by atoms with E-state index in [0.29, 0.717) is 24.9 Å². The topological polar surface area (TPSA) is 114 Å². The van der Waals surface area contributed by atoms with Gasteiger partial charge >= 0.3 is 0 Å². The molecule has 1 saturated heterocycles. The summed E-state index contributed by atoms with van der Waals surface area (Å²) in [6, 6.07) is 15.0. The summed E-state index contributed by atoms with van der Waals surface area (Å²) in [6.07, 6.45) is 0.397. The molecule has 0 radical (unpaired) electrons. The van der Waals surface area contributed by atoms with Gasteiger partial charge < -0.3 is 25.7 Å². The minimum Gasteiger partial charge on any atom is -0.394 e. The molecule has 0 aromatic heterocycles. The summed E-state index contributed by atoms with van der Waals surface area (Å²) in [7, 11) is 3.70. The Kier molecular flexibility index (Phi) is 10.7. The molecule has 1 aliphatic carbocycles. The zero-order chi connectivity index (χ0) is 31.5. The zero-order valence-corrected chi connectivity index (χ0v) is 26.7. The van der Waals surface area contributed by atoms with E-state index in [1.807, 2.05) is 61.5 Å². The van der Waals surface area contributed by atoms with Gasteiger partial charge in [0.15, 0.2) is 0 Å². The van der Waals surface area contributed by atoms with E-state index in [0.717, 1.165) is 35.2 Å². The Morgan fingerprint density at radius 2 is 1.81 bits per heavy atom. The first-order chi connectivity index (χ1) is 20.3. The minimum atomic E-state index is -0.845. The zero-order valence-electron chi connectivity index (χ0n) is 26.7. The van der Waals surface area contributed by atoms with Gasteiger partial charge in [-0.05, 0) is 86.0 Å². The van der Waals surface area contributed by atoms with Crippen LogP contribution in [0.1, 0.15) is 53.0 Å². The van der Waals surface area contributed by atoms with Crippen LogP contribution in [0.3, 0.4) is 0 Å². The normalized spacial score (nSPS) is 28.0. The van der Waals surface area contributed by atoms with Crippen LogP contribution in [-0.4, -0.2) is 83.5 Å². The fourth-order valence-electron chi connectivity index (χ4n) is 6.71. The Balaban J connectivity index is 1.51. The average Bonchev–Trinajstić information content (AvgIpc) is 3.30. The van der Waals surface area contributed by atoms with Crippen molar-refractivity contribution in [3.8, 4) is 11.1 Å². The highest BCUT2D eigenvalue weighted by molar-refractivity contribution is 5.92. The molecule has 9 nitrogen and oxygen atoms in total. The highest BCUT2D eigenvalue weighted by Gasteiger charge is 2.50. The molecule has 2 fully saturated rings. The van der Waals surface area contributed by atoms with Crippen molar-refractivity contribution in [1.82, 2.24) is 15.3 Å². The summed E-state index contributed by atoms with van der Waals surface area (Å²) in [4.78, 5) is 34.0. The smallest absolute Gasteiger partial charge is 0.240 e. The van der Waals surface area contributed by atoms with E-state index >= 15 is 0 Å². The highest BCUT2D eigenvalue weighted by atomic mass is 16.7.